The molecular formula is C11H20N2O5. The van der Waals surface area contributed by atoms with Crippen LogP contribution in [0.2, 0.25) is 0 Å². The summed E-state index contributed by atoms with van der Waals surface area (Å²) in [7, 11) is 0. The molecule has 7 heteroatoms. The number of ether oxygens (including phenoxy) is 1. The Bertz CT molecular complexity index is 331. The van der Waals surface area contributed by atoms with Crippen LogP contribution in [-0.4, -0.2) is 29.6 Å². The van der Waals surface area contributed by atoms with Gasteiger partial charge in [0.2, 0.25) is 0 Å². The van der Waals surface area contributed by atoms with Crippen molar-refractivity contribution in [3.63, 3.8) is 0 Å². The molecule has 0 spiro atoms. The smallest absolute Gasteiger partial charge is 0.375 e. The Kier molecular flexibility index (Phi) is 6.67. The molecule has 0 aliphatic heterocycles. The van der Waals surface area contributed by atoms with Crippen molar-refractivity contribution in [3.8, 4) is 0 Å². The van der Waals surface area contributed by atoms with Crippen molar-refractivity contribution in [2.24, 2.45) is 29.4 Å². The Morgan fingerprint density at radius 1 is 1.33 bits per heavy atom. The second kappa shape index (κ2) is 7.20. The summed E-state index contributed by atoms with van der Waals surface area (Å²) < 4.78 is 4.63. The first kappa shape index (κ1) is 16.7. The summed E-state index contributed by atoms with van der Waals surface area (Å²) in [6.07, 6.45) is 2.57. The van der Waals surface area contributed by atoms with E-state index in [4.69, 9.17) is 0 Å². The first-order chi connectivity index (χ1) is 8.15. The van der Waals surface area contributed by atoms with E-state index in [9.17, 15) is 14.4 Å². The number of ketones is 2. The summed E-state index contributed by atoms with van der Waals surface area (Å²) in [6.45, 7) is 1.83. The molecule has 6 N–H and O–H groups in total. The van der Waals surface area contributed by atoms with Gasteiger partial charge in [-0.05, 0) is 32.1 Å². The fraction of sp³-hybridized carbons (Fsp3) is 0.727. The zero-order valence-electron chi connectivity index (χ0n) is 10.3. The van der Waals surface area contributed by atoms with Crippen LogP contribution < -0.4 is 11.7 Å². The normalized spacial score (nSPS) is 27.9. The van der Waals surface area contributed by atoms with E-state index in [0.717, 1.165) is 19.3 Å². The van der Waals surface area contributed by atoms with Crippen molar-refractivity contribution < 1.29 is 24.6 Å². The minimum Gasteiger partial charge on any atom is -0.460 e. The molecule has 0 radical (unpaired) electrons. The zero-order valence-corrected chi connectivity index (χ0v) is 10.3. The minimum absolute atomic E-state index is 0. The van der Waals surface area contributed by atoms with E-state index >= 15 is 0 Å². The van der Waals surface area contributed by atoms with Gasteiger partial charge in [0.1, 0.15) is 5.78 Å². The number of hydrazine groups is 1. The van der Waals surface area contributed by atoms with Gasteiger partial charge in [0, 0.05) is 5.92 Å². The van der Waals surface area contributed by atoms with Gasteiger partial charge in [-0.1, -0.05) is 0 Å². The lowest BCUT2D eigenvalue weighted by atomic mass is 9.84. The molecule has 2 aliphatic rings. The summed E-state index contributed by atoms with van der Waals surface area (Å²) in [5.41, 5.74) is 0. The Labute approximate surface area is 105 Å². The first-order valence-corrected chi connectivity index (χ1v) is 5.73. The molecule has 2 fully saturated rings. The molecule has 2 bridgehead atoms. The Morgan fingerprint density at radius 3 is 2.39 bits per heavy atom. The molecule has 18 heavy (non-hydrogen) atoms. The van der Waals surface area contributed by atoms with Crippen LogP contribution in [0.5, 0.6) is 0 Å². The van der Waals surface area contributed by atoms with Gasteiger partial charge in [-0.3, -0.25) is 21.3 Å². The predicted octanol–water partition coefficient (Wildman–Crippen LogP) is -1.27. The van der Waals surface area contributed by atoms with Crippen molar-refractivity contribution in [2.75, 3.05) is 6.61 Å². The molecule has 0 saturated heterocycles. The Hall–Kier alpha value is -1.31. The number of carbonyl (C=O) groups excluding carboxylic acids is 3. The van der Waals surface area contributed by atoms with Crippen molar-refractivity contribution >= 4 is 17.5 Å². The average Bonchev–Trinajstić information content (AvgIpc) is 2.91. The fourth-order valence-corrected chi connectivity index (χ4v) is 2.74. The van der Waals surface area contributed by atoms with Gasteiger partial charge in [-0.25, -0.2) is 4.79 Å². The van der Waals surface area contributed by atoms with Crippen LogP contribution in [0.1, 0.15) is 26.2 Å². The first-order valence-electron chi connectivity index (χ1n) is 5.73. The molecule has 3 atom stereocenters. The van der Waals surface area contributed by atoms with E-state index in [1.165, 1.54) is 0 Å². The van der Waals surface area contributed by atoms with E-state index in [-0.39, 0.29) is 29.7 Å². The third-order valence-corrected chi connectivity index (χ3v) is 3.41. The average molecular weight is 260 g/mol. The van der Waals surface area contributed by atoms with E-state index in [0.29, 0.717) is 0 Å². The van der Waals surface area contributed by atoms with Crippen LogP contribution in [0.25, 0.3) is 0 Å². The molecule has 2 aliphatic carbocycles. The number of esters is 1. The quantitative estimate of drug-likeness (QED) is 0.213. The third-order valence-electron chi connectivity index (χ3n) is 3.41. The number of hydrogen-bond acceptors (Lipinski definition) is 6. The Morgan fingerprint density at radius 2 is 1.94 bits per heavy atom. The maximum absolute atomic E-state index is 11.7. The molecular weight excluding hydrogens is 240 g/mol. The number of hydrogen-bond donors (Lipinski definition) is 2. The second-order valence-corrected chi connectivity index (χ2v) is 4.23. The van der Waals surface area contributed by atoms with Crippen molar-refractivity contribution in [1.82, 2.24) is 0 Å². The van der Waals surface area contributed by atoms with Crippen LogP contribution in [0.15, 0.2) is 0 Å². The van der Waals surface area contributed by atoms with Crippen LogP contribution in [0, 0.1) is 17.8 Å². The summed E-state index contributed by atoms with van der Waals surface area (Å²) >= 11 is 0. The van der Waals surface area contributed by atoms with Gasteiger partial charge < -0.3 is 10.2 Å². The van der Waals surface area contributed by atoms with Gasteiger partial charge in [0.25, 0.3) is 5.78 Å². The molecule has 3 unspecified atom stereocenters. The van der Waals surface area contributed by atoms with E-state index < -0.39 is 17.7 Å². The summed E-state index contributed by atoms with van der Waals surface area (Å²) in [5.74, 6) is 5.92. The van der Waals surface area contributed by atoms with Crippen molar-refractivity contribution in [2.45, 2.75) is 26.2 Å². The lowest BCUT2D eigenvalue weighted by Crippen LogP contribution is -2.35. The van der Waals surface area contributed by atoms with Crippen LogP contribution in [-0.2, 0) is 19.1 Å². The monoisotopic (exact) mass is 260 g/mol. The molecule has 7 nitrogen and oxygen atoms in total. The van der Waals surface area contributed by atoms with Gasteiger partial charge >= 0.3 is 5.97 Å². The Balaban J connectivity index is 0.000000917. The zero-order chi connectivity index (χ0) is 13.0. The maximum Gasteiger partial charge on any atom is 0.375 e. The molecule has 0 aromatic rings. The summed E-state index contributed by atoms with van der Waals surface area (Å²) in [6, 6.07) is 0. The predicted molar refractivity (Wildman–Crippen MR) is 63.0 cm³/mol. The molecule has 0 aromatic heterocycles. The van der Waals surface area contributed by atoms with Gasteiger partial charge in [-0.2, -0.15) is 0 Å². The number of rotatable bonds is 3. The van der Waals surface area contributed by atoms with Crippen molar-refractivity contribution in [1.29, 1.82) is 0 Å². The summed E-state index contributed by atoms with van der Waals surface area (Å²) in [5, 5.41) is 0. The lowest BCUT2D eigenvalue weighted by molar-refractivity contribution is -0.157. The van der Waals surface area contributed by atoms with Gasteiger partial charge in [0.05, 0.1) is 12.5 Å². The molecule has 0 heterocycles. The molecule has 104 valence electrons. The lowest BCUT2D eigenvalue weighted by Gasteiger charge is -2.17. The van der Waals surface area contributed by atoms with E-state index in [2.05, 4.69) is 16.4 Å². The number of fused-ring (bicyclic) bond motifs is 2. The van der Waals surface area contributed by atoms with Crippen LogP contribution >= 0.6 is 0 Å². The van der Waals surface area contributed by atoms with Crippen molar-refractivity contribution in [3.05, 3.63) is 0 Å². The highest BCUT2D eigenvalue weighted by molar-refractivity contribution is 6.39. The second-order valence-electron chi connectivity index (χ2n) is 4.23. The molecule has 2 saturated carbocycles. The maximum atomic E-state index is 11.7. The third kappa shape index (κ3) is 2.92. The fourth-order valence-electron chi connectivity index (χ4n) is 2.74. The highest BCUT2D eigenvalue weighted by Gasteiger charge is 2.51. The van der Waals surface area contributed by atoms with Gasteiger partial charge in [0.15, 0.2) is 0 Å². The van der Waals surface area contributed by atoms with Gasteiger partial charge in [-0.15, -0.1) is 0 Å². The highest BCUT2D eigenvalue weighted by Crippen LogP contribution is 2.46. The topological polar surface area (TPSA) is 144 Å². The molecule has 0 amide bonds. The number of carbonyl (C=O) groups is 3. The standard InChI is InChI=1S/C11H14O4.H4N2.H2O/c1-2-15-11(14)10(13)8-6-3-4-7(5-6)9(8)12;1-2;/h6-8H,2-5H2,1H3;1-2H2;1H2. The summed E-state index contributed by atoms with van der Waals surface area (Å²) in [4.78, 5) is 34.6. The number of nitrogens with two attached hydrogens (primary N) is 2. The molecule has 0 aromatic carbocycles. The SMILES string of the molecule is CCOC(=O)C(=O)C1C(=O)C2CCC1C2.NN.O. The number of Topliss-reactive ketones (excluding diaryl/α,β-unsaturated/α-hetero) is 2. The van der Waals surface area contributed by atoms with Crippen LogP contribution in [0.3, 0.4) is 0 Å². The largest absolute Gasteiger partial charge is 0.460 e. The minimum atomic E-state index is -0.844. The van der Waals surface area contributed by atoms with E-state index in [1.807, 2.05) is 0 Å². The highest BCUT2D eigenvalue weighted by atomic mass is 16.5. The molecule has 2 rings (SSSR count). The van der Waals surface area contributed by atoms with Crippen LogP contribution in [0.4, 0.5) is 0 Å². The van der Waals surface area contributed by atoms with E-state index in [1.54, 1.807) is 6.92 Å².